The molecule has 0 aliphatic rings. The Morgan fingerprint density at radius 3 is 1.12 bits per heavy atom. The highest BCUT2D eigenvalue weighted by Gasteiger charge is 2.22. The quantitative estimate of drug-likeness (QED) is 0.0177. The molecular formula is C41H82N2O8. The maximum absolute atomic E-state index is 10.3. The molecule has 0 bridgehead atoms. The Hall–Kier alpha value is -1.82. The first-order valence-corrected chi connectivity index (χ1v) is 20.5. The smallest absolute Gasteiger partial charge is 0.303 e. The number of carboxylic acids is 2. The molecule has 9 N–H and O–H groups in total. The average Bonchev–Trinajstić information content (AvgIpc) is 3.07. The van der Waals surface area contributed by atoms with Crippen molar-refractivity contribution in [2.75, 3.05) is 13.1 Å². The lowest BCUT2D eigenvalue weighted by molar-refractivity contribution is -0.323. The normalized spacial score (nSPS) is 12.1. The van der Waals surface area contributed by atoms with Crippen LogP contribution in [0.3, 0.4) is 0 Å². The molecule has 0 rings (SSSR count). The van der Waals surface area contributed by atoms with E-state index in [1.165, 1.54) is 141 Å². The van der Waals surface area contributed by atoms with Gasteiger partial charge in [-0.1, -0.05) is 141 Å². The fourth-order valence-corrected chi connectivity index (χ4v) is 5.28. The summed E-state index contributed by atoms with van der Waals surface area (Å²) in [4.78, 5) is 20.6. The number of nitrogens with one attached hydrogen (secondary N) is 1. The molecule has 0 saturated heterocycles. The minimum Gasteiger partial charge on any atom is -0.481 e. The van der Waals surface area contributed by atoms with Crippen molar-refractivity contribution in [2.24, 2.45) is 5.73 Å². The number of aliphatic hydroxyl groups excluding tert-OH is 1. The standard InChI is InChI=1S/2C18H34O2.C5H14N2O4/c2*1-2-3-4-5-6-7-8-9-10-11-12-13-14-15-16-17-18(19)20;6-1-2-7-4(8)3-5(9,10)11/h2*9-10H,2-8,11-17H2,1H3,(H,19,20);4,7-11H,1-3,6H2/b2*10-9-;. The fraction of sp³-hybridized carbons (Fsp3) is 0.854. The summed E-state index contributed by atoms with van der Waals surface area (Å²) in [5.74, 6) is -4.16. The molecule has 0 radical (unpaired) electrons. The Morgan fingerprint density at radius 1 is 0.549 bits per heavy atom. The third kappa shape index (κ3) is 60.6. The number of nitrogens with two attached hydrogens (primary N) is 1. The molecule has 0 aliphatic carbocycles. The molecule has 0 aromatic heterocycles. The van der Waals surface area contributed by atoms with E-state index in [0.29, 0.717) is 25.9 Å². The first kappa shape index (κ1) is 53.5. The van der Waals surface area contributed by atoms with Gasteiger partial charge < -0.3 is 36.4 Å². The molecule has 0 aliphatic heterocycles. The zero-order chi connectivity index (χ0) is 38.7. The van der Waals surface area contributed by atoms with Crippen molar-refractivity contribution >= 4 is 11.9 Å². The highest BCUT2D eigenvalue weighted by atomic mass is 16.7. The molecule has 304 valence electrons. The molecular weight excluding hydrogens is 648 g/mol. The molecule has 10 nitrogen and oxygen atoms in total. The van der Waals surface area contributed by atoms with Crippen LogP contribution < -0.4 is 11.1 Å². The van der Waals surface area contributed by atoms with E-state index in [1.54, 1.807) is 0 Å². The number of aliphatic carboxylic acids is 2. The number of carboxylic acid groups (broad SMARTS) is 2. The van der Waals surface area contributed by atoms with E-state index in [1.807, 2.05) is 0 Å². The van der Waals surface area contributed by atoms with E-state index < -0.39 is 30.6 Å². The van der Waals surface area contributed by atoms with E-state index in [-0.39, 0.29) is 0 Å². The minimum absolute atomic E-state index is 0.326. The van der Waals surface area contributed by atoms with Crippen LogP contribution in [-0.4, -0.2) is 67.9 Å². The summed E-state index contributed by atoms with van der Waals surface area (Å²) in [5, 5.41) is 53.4. The maximum Gasteiger partial charge on any atom is 0.303 e. The molecule has 1 atom stereocenters. The number of hydrogen-bond donors (Lipinski definition) is 8. The average molecular weight is 731 g/mol. The van der Waals surface area contributed by atoms with Gasteiger partial charge in [0.25, 0.3) is 5.97 Å². The molecule has 0 amide bonds. The van der Waals surface area contributed by atoms with Crippen molar-refractivity contribution in [3.8, 4) is 0 Å². The van der Waals surface area contributed by atoms with E-state index >= 15 is 0 Å². The Labute approximate surface area is 312 Å². The lowest BCUT2D eigenvalue weighted by Gasteiger charge is -2.18. The van der Waals surface area contributed by atoms with Crippen LogP contribution in [0.15, 0.2) is 24.3 Å². The Morgan fingerprint density at radius 2 is 0.843 bits per heavy atom. The topological polar surface area (TPSA) is 194 Å². The fourth-order valence-electron chi connectivity index (χ4n) is 5.28. The largest absolute Gasteiger partial charge is 0.481 e. The predicted molar refractivity (Wildman–Crippen MR) is 211 cm³/mol. The summed E-state index contributed by atoms with van der Waals surface area (Å²) in [6.45, 7) is 5.19. The van der Waals surface area contributed by atoms with Gasteiger partial charge in [-0.15, -0.1) is 0 Å². The summed E-state index contributed by atoms with van der Waals surface area (Å²) >= 11 is 0. The predicted octanol–water partition coefficient (Wildman–Crippen LogP) is 9.09. The monoisotopic (exact) mass is 731 g/mol. The van der Waals surface area contributed by atoms with Crippen molar-refractivity contribution in [3.05, 3.63) is 24.3 Å². The van der Waals surface area contributed by atoms with Crippen LogP contribution in [0.4, 0.5) is 0 Å². The molecule has 0 spiro atoms. The molecule has 0 fully saturated rings. The van der Waals surface area contributed by atoms with E-state index in [0.717, 1.165) is 25.7 Å². The zero-order valence-electron chi connectivity index (χ0n) is 32.9. The molecule has 0 heterocycles. The first-order valence-electron chi connectivity index (χ1n) is 20.5. The third-order valence-corrected chi connectivity index (χ3v) is 8.30. The second kappa shape index (κ2) is 44.3. The summed E-state index contributed by atoms with van der Waals surface area (Å²) in [5.41, 5.74) is 5.08. The lowest BCUT2D eigenvalue weighted by atomic mass is 10.1. The van der Waals surface area contributed by atoms with Crippen molar-refractivity contribution in [1.82, 2.24) is 5.32 Å². The van der Waals surface area contributed by atoms with Gasteiger partial charge in [-0.3, -0.25) is 14.9 Å². The van der Waals surface area contributed by atoms with Crippen LogP contribution in [-0.2, 0) is 9.59 Å². The number of rotatable bonds is 35. The van der Waals surface area contributed by atoms with Gasteiger partial charge >= 0.3 is 11.9 Å². The minimum atomic E-state index is -2.83. The van der Waals surface area contributed by atoms with Gasteiger partial charge in [0.05, 0.1) is 6.42 Å². The maximum atomic E-state index is 10.3. The summed E-state index contributed by atoms with van der Waals surface area (Å²) in [7, 11) is 0. The van der Waals surface area contributed by atoms with Crippen LogP contribution in [0.25, 0.3) is 0 Å². The van der Waals surface area contributed by atoms with Crippen molar-refractivity contribution in [3.63, 3.8) is 0 Å². The molecule has 1 unspecified atom stereocenters. The van der Waals surface area contributed by atoms with Crippen molar-refractivity contribution in [2.45, 2.75) is 212 Å². The van der Waals surface area contributed by atoms with E-state index in [9.17, 15) is 9.59 Å². The van der Waals surface area contributed by atoms with Crippen molar-refractivity contribution in [1.29, 1.82) is 0 Å². The van der Waals surface area contributed by atoms with Gasteiger partial charge in [-0.2, -0.15) is 0 Å². The summed E-state index contributed by atoms with van der Waals surface area (Å²) in [6.07, 6.45) is 40.7. The highest BCUT2D eigenvalue weighted by Crippen LogP contribution is 2.11. The van der Waals surface area contributed by atoms with Crippen LogP contribution in [0.2, 0.25) is 0 Å². The molecule has 0 aromatic carbocycles. The molecule has 10 heteroatoms. The number of hydrogen-bond acceptors (Lipinski definition) is 8. The lowest BCUT2D eigenvalue weighted by Crippen LogP contribution is -2.41. The Kier molecular flexibility index (Phi) is 46.5. The van der Waals surface area contributed by atoms with Crippen LogP contribution in [0.1, 0.15) is 200 Å². The van der Waals surface area contributed by atoms with Gasteiger partial charge in [-0.05, 0) is 64.2 Å². The van der Waals surface area contributed by atoms with Gasteiger partial charge in [0.1, 0.15) is 6.23 Å². The number of unbranched alkanes of at least 4 members (excludes halogenated alkanes) is 22. The van der Waals surface area contributed by atoms with Gasteiger partial charge in [0.15, 0.2) is 0 Å². The number of allylic oxidation sites excluding steroid dienone is 4. The summed E-state index contributed by atoms with van der Waals surface area (Å²) in [6, 6.07) is 0. The SMILES string of the molecule is CCCCCCCC/C=C\CCCCCCCC(=O)O.CCCCCCCC/C=C\CCCCCCCC(=O)O.NCCNC(O)CC(O)(O)O. The molecule has 51 heavy (non-hydrogen) atoms. The van der Waals surface area contributed by atoms with Crippen LogP contribution in [0.5, 0.6) is 0 Å². The second-order valence-corrected chi connectivity index (χ2v) is 13.7. The van der Waals surface area contributed by atoms with Gasteiger partial charge in [0.2, 0.25) is 0 Å². The van der Waals surface area contributed by atoms with Gasteiger partial charge in [0, 0.05) is 25.9 Å². The Balaban J connectivity index is -0.000000708. The number of aliphatic hydroxyl groups is 4. The number of carbonyl (C=O) groups is 2. The summed E-state index contributed by atoms with van der Waals surface area (Å²) < 4.78 is 0. The van der Waals surface area contributed by atoms with Crippen LogP contribution in [0, 0.1) is 0 Å². The van der Waals surface area contributed by atoms with Gasteiger partial charge in [-0.25, -0.2) is 0 Å². The molecule has 0 aromatic rings. The van der Waals surface area contributed by atoms with Crippen molar-refractivity contribution < 1.29 is 40.2 Å². The van der Waals surface area contributed by atoms with E-state index in [4.69, 9.17) is 36.4 Å². The van der Waals surface area contributed by atoms with Crippen LogP contribution >= 0.6 is 0 Å². The molecule has 0 saturated carbocycles. The van der Waals surface area contributed by atoms with E-state index in [2.05, 4.69) is 43.5 Å². The second-order valence-electron chi connectivity index (χ2n) is 13.7. The first-order chi connectivity index (χ1) is 24.5. The zero-order valence-corrected chi connectivity index (χ0v) is 32.9. The highest BCUT2D eigenvalue weighted by molar-refractivity contribution is 5.66. The Bertz CT molecular complexity index is 721. The third-order valence-electron chi connectivity index (χ3n) is 8.30.